The van der Waals surface area contributed by atoms with Crippen LogP contribution < -0.4 is 5.32 Å². The van der Waals surface area contributed by atoms with Gasteiger partial charge in [-0.1, -0.05) is 0 Å². The first-order valence-electron chi connectivity index (χ1n) is 6.11. The van der Waals surface area contributed by atoms with Gasteiger partial charge in [0, 0.05) is 12.1 Å². The highest BCUT2D eigenvalue weighted by molar-refractivity contribution is 5.90. The third kappa shape index (κ3) is 3.84. The number of carbonyl (C=O) groups excluding carboxylic acids is 1. The summed E-state index contributed by atoms with van der Waals surface area (Å²) in [6.45, 7) is 0. The van der Waals surface area contributed by atoms with Crippen LogP contribution in [0.25, 0.3) is 0 Å². The lowest BCUT2D eigenvalue weighted by Gasteiger charge is -2.20. The molecular formula is C14H17FNO. The number of nitrogens with one attached hydrogen (secondary N) is 1. The Hall–Kier alpha value is -1.38. The number of hydrogen-bond donors (Lipinski definition) is 1. The molecule has 0 bridgehead atoms. The molecule has 1 fully saturated rings. The SMILES string of the molecule is O=C(CC1CC[CH]CC1)Nc1ccc(F)cc1. The number of rotatable bonds is 3. The zero-order valence-corrected chi connectivity index (χ0v) is 9.79. The van der Waals surface area contributed by atoms with Crippen molar-refractivity contribution < 1.29 is 9.18 Å². The van der Waals surface area contributed by atoms with Crippen LogP contribution >= 0.6 is 0 Å². The van der Waals surface area contributed by atoms with Crippen LogP contribution in [0.2, 0.25) is 0 Å². The van der Waals surface area contributed by atoms with Gasteiger partial charge in [0.15, 0.2) is 0 Å². The summed E-state index contributed by atoms with van der Waals surface area (Å²) < 4.78 is 12.7. The Morgan fingerprint density at radius 2 is 1.88 bits per heavy atom. The van der Waals surface area contributed by atoms with E-state index in [-0.39, 0.29) is 11.7 Å². The van der Waals surface area contributed by atoms with Gasteiger partial charge in [-0.2, -0.15) is 0 Å². The Morgan fingerprint density at radius 1 is 1.24 bits per heavy atom. The van der Waals surface area contributed by atoms with Gasteiger partial charge in [-0.15, -0.1) is 0 Å². The second kappa shape index (κ2) is 5.80. The molecular weight excluding hydrogens is 217 g/mol. The second-order valence-corrected chi connectivity index (χ2v) is 4.57. The normalized spacial score (nSPS) is 16.8. The first-order valence-corrected chi connectivity index (χ1v) is 6.11. The summed E-state index contributed by atoms with van der Waals surface area (Å²) in [5.74, 6) is 0.245. The van der Waals surface area contributed by atoms with Crippen LogP contribution in [0.15, 0.2) is 24.3 Å². The summed E-state index contributed by atoms with van der Waals surface area (Å²) >= 11 is 0. The van der Waals surface area contributed by atoms with Crippen LogP contribution in [-0.2, 0) is 4.79 Å². The molecule has 0 atom stereocenters. The molecule has 0 spiro atoms. The Kier molecular flexibility index (Phi) is 4.13. The second-order valence-electron chi connectivity index (χ2n) is 4.57. The van der Waals surface area contributed by atoms with E-state index in [9.17, 15) is 9.18 Å². The highest BCUT2D eigenvalue weighted by atomic mass is 19.1. The van der Waals surface area contributed by atoms with Crippen LogP contribution in [0.3, 0.4) is 0 Å². The summed E-state index contributed by atoms with van der Waals surface area (Å²) in [6.07, 6.45) is 7.32. The van der Waals surface area contributed by atoms with Crippen molar-refractivity contribution in [2.45, 2.75) is 32.1 Å². The van der Waals surface area contributed by atoms with E-state index in [0.717, 1.165) is 25.7 Å². The first kappa shape index (κ1) is 12.1. The molecule has 0 unspecified atom stereocenters. The lowest BCUT2D eigenvalue weighted by molar-refractivity contribution is -0.117. The standard InChI is InChI=1S/C14H17FNO/c15-12-6-8-13(9-7-12)16-14(17)10-11-4-2-1-3-5-11/h1,6-9,11H,2-5,10H2,(H,16,17). The highest BCUT2D eigenvalue weighted by Crippen LogP contribution is 2.26. The number of hydrogen-bond acceptors (Lipinski definition) is 1. The van der Waals surface area contributed by atoms with Gasteiger partial charge in [-0.05, 0) is 62.3 Å². The smallest absolute Gasteiger partial charge is 0.224 e. The van der Waals surface area contributed by atoms with Gasteiger partial charge in [-0.25, -0.2) is 4.39 Å². The van der Waals surface area contributed by atoms with E-state index in [1.165, 1.54) is 12.1 Å². The van der Waals surface area contributed by atoms with Crippen molar-refractivity contribution in [1.82, 2.24) is 0 Å². The van der Waals surface area contributed by atoms with E-state index in [1.54, 1.807) is 12.1 Å². The van der Waals surface area contributed by atoms with Gasteiger partial charge in [0.25, 0.3) is 0 Å². The van der Waals surface area contributed by atoms with Crippen molar-refractivity contribution in [3.8, 4) is 0 Å². The lowest BCUT2D eigenvalue weighted by Crippen LogP contribution is -2.18. The van der Waals surface area contributed by atoms with Crippen molar-refractivity contribution in [3.63, 3.8) is 0 Å². The van der Waals surface area contributed by atoms with Crippen LogP contribution in [-0.4, -0.2) is 5.91 Å². The summed E-state index contributed by atoms with van der Waals surface area (Å²) in [6, 6.07) is 5.88. The van der Waals surface area contributed by atoms with Crippen molar-refractivity contribution in [2.24, 2.45) is 5.92 Å². The van der Waals surface area contributed by atoms with E-state index >= 15 is 0 Å². The van der Waals surface area contributed by atoms with Gasteiger partial charge in [-0.3, -0.25) is 4.79 Å². The Labute approximate surface area is 101 Å². The van der Waals surface area contributed by atoms with Gasteiger partial charge < -0.3 is 5.32 Å². The van der Waals surface area contributed by atoms with Gasteiger partial charge in [0.1, 0.15) is 5.82 Å². The Balaban J connectivity index is 1.82. The van der Waals surface area contributed by atoms with Crippen molar-refractivity contribution in [3.05, 3.63) is 36.5 Å². The molecule has 1 aliphatic carbocycles. The monoisotopic (exact) mass is 234 g/mol. The molecule has 1 N–H and O–H groups in total. The minimum atomic E-state index is -0.286. The molecule has 1 amide bonds. The molecule has 2 nitrogen and oxygen atoms in total. The maximum atomic E-state index is 12.7. The van der Waals surface area contributed by atoms with Gasteiger partial charge >= 0.3 is 0 Å². The van der Waals surface area contributed by atoms with Gasteiger partial charge in [0.2, 0.25) is 5.91 Å². The first-order chi connectivity index (χ1) is 8.24. The quantitative estimate of drug-likeness (QED) is 0.851. The molecule has 17 heavy (non-hydrogen) atoms. The molecule has 1 saturated carbocycles. The minimum absolute atomic E-state index is 0.0310. The molecule has 1 aromatic carbocycles. The predicted molar refractivity (Wildman–Crippen MR) is 65.9 cm³/mol. The van der Waals surface area contributed by atoms with E-state index in [0.29, 0.717) is 18.0 Å². The molecule has 3 heteroatoms. The lowest BCUT2D eigenvalue weighted by atomic mass is 9.87. The number of amides is 1. The van der Waals surface area contributed by atoms with Crippen molar-refractivity contribution >= 4 is 11.6 Å². The van der Waals surface area contributed by atoms with E-state index in [2.05, 4.69) is 11.7 Å². The van der Waals surface area contributed by atoms with Crippen LogP contribution in [0.5, 0.6) is 0 Å². The average Bonchev–Trinajstić information content (AvgIpc) is 2.33. The Bertz CT molecular complexity index is 368. The van der Waals surface area contributed by atoms with E-state index in [1.807, 2.05) is 0 Å². The number of anilines is 1. The maximum Gasteiger partial charge on any atom is 0.224 e. The maximum absolute atomic E-state index is 12.7. The molecule has 2 rings (SSSR count). The fraction of sp³-hybridized carbons (Fsp3) is 0.429. The summed E-state index contributed by atoms with van der Waals surface area (Å²) in [5, 5.41) is 2.80. The van der Waals surface area contributed by atoms with Crippen LogP contribution in [0, 0.1) is 18.2 Å². The average molecular weight is 234 g/mol. The summed E-state index contributed by atoms with van der Waals surface area (Å²) in [7, 11) is 0. The van der Waals surface area contributed by atoms with Crippen molar-refractivity contribution in [2.75, 3.05) is 5.32 Å². The summed E-state index contributed by atoms with van der Waals surface area (Å²) in [4.78, 5) is 11.8. The number of halogens is 1. The zero-order chi connectivity index (χ0) is 12.1. The van der Waals surface area contributed by atoms with Crippen LogP contribution in [0.4, 0.5) is 10.1 Å². The molecule has 1 radical (unpaired) electrons. The largest absolute Gasteiger partial charge is 0.326 e. The topological polar surface area (TPSA) is 29.1 Å². The van der Waals surface area contributed by atoms with Crippen LogP contribution in [0.1, 0.15) is 32.1 Å². The Morgan fingerprint density at radius 3 is 2.53 bits per heavy atom. The summed E-state index contributed by atoms with van der Waals surface area (Å²) in [5.41, 5.74) is 0.666. The fourth-order valence-electron chi connectivity index (χ4n) is 2.21. The molecule has 91 valence electrons. The van der Waals surface area contributed by atoms with Gasteiger partial charge in [0.05, 0.1) is 0 Å². The van der Waals surface area contributed by atoms with E-state index < -0.39 is 0 Å². The molecule has 0 aromatic heterocycles. The number of carbonyl (C=O) groups is 1. The zero-order valence-electron chi connectivity index (χ0n) is 9.79. The molecule has 0 heterocycles. The van der Waals surface area contributed by atoms with Crippen molar-refractivity contribution in [1.29, 1.82) is 0 Å². The minimum Gasteiger partial charge on any atom is -0.326 e. The molecule has 1 aliphatic rings. The van der Waals surface area contributed by atoms with E-state index in [4.69, 9.17) is 0 Å². The fourth-order valence-corrected chi connectivity index (χ4v) is 2.21. The predicted octanol–water partition coefficient (Wildman–Crippen LogP) is 3.55. The molecule has 0 saturated heterocycles. The highest BCUT2D eigenvalue weighted by Gasteiger charge is 2.17. The third-order valence-corrected chi connectivity index (χ3v) is 3.16. The molecule has 1 aromatic rings. The molecule has 0 aliphatic heterocycles. The third-order valence-electron chi connectivity index (χ3n) is 3.16. The number of benzene rings is 1.